The van der Waals surface area contributed by atoms with Gasteiger partial charge in [-0.3, -0.25) is 0 Å². The average Bonchev–Trinajstić information content (AvgIpc) is 3.41. The van der Waals surface area contributed by atoms with Crippen LogP contribution in [0.2, 0.25) is 0 Å². The lowest BCUT2D eigenvalue weighted by Crippen LogP contribution is -2.21. The van der Waals surface area contributed by atoms with Crippen LogP contribution in [0, 0.1) is 19.8 Å². The van der Waals surface area contributed by atoms with Gasteiger partial charge in [-0.2, -0.15) is 0 Å². The fourth-order valence-corrected chi connectivity index (χ4v) is 5.87. The molecule has 242 valence electrons. The SMILES string of the molecule is CCC(C)Cc1nc(-c2ccc(N(CC)CC)cc2)c(-c2ccc(OC(F)(F)F)cc2)s1.Cc1ccc(OCC(=O)O)c(C)c1. The molecule has 0 aliphatic heterocycles. The standard InChI is InChI=1S/C25H29F3N2OS.C10H12O3/c1-5-17(4)16-22-29-23(18-8-12-20(13-9-18)30(6-2)7-3)24(32-22)19-10-14-21(15-11-19)31-25(26,27)28;1-7-3-4-9(8(2)5-7)13-6-10(11)12/h8-15,17H,5-7,16H2,1-4H3;3-5H,6H2,1-2H3,(H,11,12). The van der Waals surface area contributed by atoms with E-state index in [4.69, 9.17) is 14.8 Å². The second kappa shape index (κ2) is 16.3. The fraction of sp³-hybridized carbons (Fsp3) is 0.371. The maximum Gasteiger partial charge on any atom is 0.573 e. The van der Waals surface area contributed by atoms with Crippen LogP contribution < -0.4 is 14.4 Å². The van der Waals surface area contributed by atoms with Gasteiger partial charge in [0.15, 0.2) is 6.61 Å². The molecule has 1 unspecified atom stereocenters. The molecule has 1 heterocycles. The highest BCUT2D eigenvalue weighted by Gasteiger charge is 2.31. The monoisotopic (exact) mass is 642 g/mol. The van der Waals surface area contributed by atoms with Gasteiger partial charge in [0, 0.05) is 30.8 Å². The molecular formula is C35H41F3N2O4S. The fourth-order valence-electron chi connectivity index (χ4n) is 4.61. The first-order valence-electron chi connectivity index (χ1n) is 15.0. The topological polar surface area (TPSA) is 71.9 Å². The van der Waals surface area contributed by atoms with Crippen LogP contribution in [0.4, 0.5) is 18.9 Å². The third kappa shape index (κ3) is 10.8. The van der Waals surface area contributed by atoms with Crippen LogP contribution in [0.25, 0.3) is 21.7 Å². The summed E-state index contributed by atoms with van der Waals surface area (Å²) in [5.74, 6) is -0.0434. The van der Waals surface area contributed by atoms with Crippen molar-refractivity contribution in [2.75, 3.05) is 24.6 Å². The average molecular weight is 643 g/mol. The van der Waals surface area contributed by atoms with E-state index in [2.05, 4.69) is 61.6 Å². The van der Waals surface area contributed by atoms with Crippen LogP contribution >= 0.6 is 11.3 Å². The summed E-state index contributed by atoms with van der Waals surface area (Å²) in [4.78, 5) is 18.4. The van der Waals surface area contributed by atoms with E-state index in [-0.39, 0.29) is 12.4 Å². The number of aliphatic carboxylic acids is 1. The number of carbonyl (C=O) groups is 1. The minimum Gasteiger partial charge on any atom is -0.482 e. The third-order valence-electron chi connectivity index (χ3n) is 7.19. The van der Waals surface area contributed by atoms with Gasteiger partial charge in [0.05, 0.1) is 15.6 Å². The lowest BCUT2D eigenvalue weighted by Gasteiger charge is -2.21. The van der Waals surface area contributed by atoms with Gasteiger partial charge in [-0.25, -0.2) is 9.78 Å². The summed E-state index contributed by atoms with van der Waals surface area (Å²) in [7, 11) is 0. The summed E-state index contributed by atoms with van der Waals surface area (Å²) in [6.07, 6.45) is -2.76. The Bertz CT molecular complexity index is 1520. The molecule has 1 N–H and O–H groups in total. The second-order valence-corrected chi connectivity index (χ2v) is 11.8. The molecular weight excluding hydrogens is 601 g/mol. The quantitative estimate of drug-likeness (QED) is 0.166. The van der Waals surface area contributed by atoms with Crippen molar-refractivity contribution in [3.05, 3.63) is 82.9 Å². The zero-order chi connectivity index (χ0) is 33.1. The van der Waals surface area contributed by atoms with E-state index < -0.39 is 12.3 Å². The van der Waals surface area contributed by atoms with Crippen molar-refractivity contribution in [3.8, 4) is 33.2 Å². The summed E-state index contributed by atoms with van der Waals surface area (Å²) >= 11 is 1.61. The van der Waals surface area contributed by atoms with Gasteiger partial charge in [0.1, 0.15) is 11.5 Å². The molecule has 1 aromatic heterocycles. The van der Waals surface area contributed by atoms with E-state index in [9.17, 15) is 18.0 Å². The number of hydrogen-bond acceptors (Lipinski definition) is 6. The predicted octanol–water partition coefficient (Wildman–Crippen LogP) is 9.58. The first-order chi connectivity index (χ1) is 21.3. The molecule has 0 aliphatic rings. The first-order valence-corrected chi connectivity index (χ1v) is 15.8. The van der Waals surface area contributed by atoms with Crippen LogP contribution in [0.5, 0.6) is 11.5 Å². The minimum absolute atomic E-state index is 0.226. The molecule has 0 saturated carbocycles. The van der Waals surface area contributed by atoms with Crippen molar-refractivity contribution >= 4 is 23.0 Å². The number of anilines is 1. The van der Waals surface area contributed by atoms with Gasteiger partial charge in [-0.05, 0) is 87.2 Å². The summed E-state index contributed by atoms with van der Waals surface area (Å²) < 4.78 is 46.6. The second-order valence-electron chi connectivity index (χ2n) is 10.7. The molecule has 6 nitrogen and oxygen atoms in total. The Morgan fingerprint density at radius 1 is 0.956 bits per heavy atom. The summed E-state index contributed by atoms with van der Waals surface area (Å²) in [5.41, 5.74) is 5.95. The van der Waals surface area contributed by atoms with Crippen LogP contribution in [-0.2, 0) is 11.2 Å². The number of hydrogen-bond donors (Lipinski definition) is 1. The van der Waals surface area contributed by atoms with Gasteiger partial charge < -0.3 is 19.5 Å². The Labute approximate surface area is 267 Å². The van der Waals surface area contributed by atoms with Gasteiger partial charge in [0.25, 0.3) is 0 Å². The maximum absolute atomic E-state index is 12.5. The molecule has 0 saturated heterocycles. The molecule has 4 rings (SSSR count). The highest BCUT2D eigenvalue weighted by Crippen LogP contribution is 2.39. The molecule has 0 aliphatic carbocycles. The number of aromatic nitrogens is 1. The van der Waals surface area contributed by atoms with Crippen molar-refractivity contribution in [3.63, 3.8) is 0 Å². The number of benzene rings is 3. The smallest absolute Gasteiger partial charge is 0.482 e. The molecule has 4 aromatic rings. The number of aryl methyl sites for hydroxylation is 2. The highest BCUT2D eigenvalue weighted by molar-refractivity contribution is 7.15. The van der Waals surface area contributed by atoms with Crippen molar-refractivity contribution in [2.24, 2.45) is 5.92 Å². The van der Waals surface area contributed by atoms with Crippen LogP contribution in [0.1, 0.15) is 50.3 Å². The van der Waals surface area contributed by atoms with Crippen molar-refractivity contribution in [1.82, 2.24) is 4.98 Å². The molecule has 0 bridgehead atoms. The third-order valence-corrected chi connectivity index (χ3v) is 8.32. The molecule has 3 aromatic carbocycles. The van der Waals surface area contributed by atoms with E-state index >= 15 is 0 Å². The Morgan fingerprint density at radius 2 is 1.58 bits per heavy atom. The van der Waals surface area contributed by atoms with E-state index in [0.29, 0.717) is 11.7 Å². The summed E-state index contributed by atoms with van der Waals surface area (Å²) in [6.45, 7) is 14.1. The number of alkyl halides is 3. The zero-order valence-corrected chi connectivity index (χ0v) is 27.4. The number of carboxylic acids is 1. The summed E-state index contributed by atoms with van der Waals surface area (Å²) in [5, 5.41) is 9.43. The Balaban J connectivity index is 0.000000355. The zero-order valence-electron chi connectivity index (χ0n) is 26.6. The van der Waals surface area contributed by atoms with Gasteiger partial charge in [0.2, 0.25) is 0 Å². The number of thiazole rings is 1. The Hall–Kier alpha value is -4.05. The molecule has 0 fully saturated rings. The van der Waals surface area contributed by atoms with E-state index in [1.54, 1.807) is 29.5 Å². The minimum atomic E-state index is -4.70. The van der Waals surface area contributed by atoms with Crippen LogP contribution in [0.3, 0.4) is 0 Å². The van der Waals surface area contributed by atoms with Crippen LogP contribution in [0.15, 0.2) is 66.7 Å². The highest BCUT2D eigenvalue weighted by atomic mass is 32.1. The van der Waals surface area contributed by atoms with E-state index in [1.807, 2.05) is 26.0 Å². The largest absolute Gasteiger partial charge is 0.573 e. The van der Waals surface area contributed by atoms with Crippen molar-refractivity contribution < 1.29 is 32.5 Å². The lowest BCUT2D eigenvalue weighted by molar-refractivity contribution is -0.274. The normalized spacial score (nSPS) is 11.8. The predicted molar refractivity (Wildman–Crippen MR) is 175 cm³/mol. The lowest BCUT2D eigenvalue weighted by atomic mass is 10.0. The molecule has 0 radical (unpaired) electrons. The molecule has 10 heteroatoms. The van der Waals surface area contributed by atoms with Crippen molar-refractivity contribution in [1.29, 1.82) is 0 Å². The molecule has 1 atom stereocenters. The van der Waals surface area contributed by atoms with Gasteiger partial charge in [-0.1, -0.05) is 50.1 Å². The molecule has 0 spiro atoms. The summed E-state index contributed by atoms with van der Waals surface area (Å²) in [6, 6.07) is 20.0. The van der Waals surface area contributed by atoms with Crippen molar-refractivity contribution in [2.45, 2.75) is 60.7 Å². The number of halogens is 3. The number of rotatable bonds is 12. The number of carboxylic acid groups (broad SMARTS) is 1. The molecule has 0 amide bonds. The molecule has 45 heavy (non-hydrogen) atoms. The Morgan fingerprint density at radius 3 is 2.11 bits per heavy atom. The van der Waals surface area contributed by atoms with E-state index in [0.717, 1.165) is 69.5 Å². The van der Waals surface area contributed by atoms with Gasteiger partial charge >= 0.3 is 12.3 Å². The number of nitrogens with zero attached hydrogens (tertiary/aromatic N) is 2. The van der Waals surface area contributed by atoms with Gasteiger partial charge in [-0.15, -0.1) is 24.5 Å². The number of ether oxygens (including phenoxy) is 2. The first kappa shape index (κ1) is 35.4. The Kier molecular flexibility index (Phi) is 12.8. The maximum atomic E-state index is 12.5. The van der Waals surface area contributed by atoms with E-state index in [1.165, 1.54) is 12.1 Å². The van der Waals surface area contributed by atoms with Crippen LogP contribution in [-0.4, -0.2) is 42.1 Å².